The molecule has 140 valence electrons. The third kappa shape index (κ3) is 7.45. The van der Waals surface area contributed by atoms with Crippen LogP contribution in [-0.2, 0) is 0 Å². The number of amides is 2. The molecule has 0 spiro atoms. The lowest BCUT2D eigenvalue weighted by Crippen LogP contribution is -2.41. The molecule has 1 saturated heterocycles. The highest BCUT2D eigenvalue weighted by molar-refractivity contribution is 5.73. The SMILES string of the molecule is CN(C)C(CNC(=O)NCCCN1CCCCCC1)c1ccccc1. The van der Waals surface area contributed by atoms with E-state index in [1.807, 2.05) is 32.3 Å². The molecule has 1 atom stereocenters. The summed E-state index contributed by atoms with van der Waals surface area (Å²) in [6.07, 6.45) is 6.39. The highest BCUT2D eigenvalue weighted by Crippen LogP contribution is 2.16. The van der Waals surface area contributed by atoms with E-state index in [0.29, 0.717) is 6.54 Å². The summed E-state index contributed by atoms with van der Waals surface area (Å²) in [5.41, 5.74) is 1.22. The van der Waals surface area contributed by atoms with Gasteiger partial charge in [0.05, 0.1) is 6.04 Å². The fourth-order valence-corrected chi connectivity index (χ4v) is 3.39. The summed E-state index contributed by atoms with van der Waals surface area (Å²) in [5, 5.41) is 5.99. The van der Waals surface area contributed by atoms with Crippen LogP contribution in [0.15, 0.2) is 30.3 Å². The number of likely N-dealkylation sites (tertiary alicyclic amines) is 1. The lowest BCUT2D eigenvalue weighted by Gasteiger charge is -2.25. The van der Waals surface area contributed by atoms with Crippen LogP contribution in [-0.4, -0.2) is 62.7 Å². The second-order valence-corrected chi connectivity index (χ2v) is 7.14. The van der Waals surface area contributed by atoms with Gasteiger partial charge in [0.1, 0.15) is 0 Å². The van der Waals surface area contributed by atoms with Crippen molar-refractivity contribution in [2.24, 2.45) is 0 Å². The largest absolute Gasteiger partial charge is 0.338 e. The first-order valence-corrected chi connectivity index (χ1v) is 9.62. The van der Waals surface area contributed by atoms with E-state index in [1.165, 1.54) is 44.3 Å². The van der Waals surface area contributed by atoms with Crippen LogP contribution in [0.4, 0.5) is 4.79 Å². The first-order chi connectivity index (χ1) is 12.2. The quantitative estimate of drug-likeness (QED) is 0.712. The van der Waals surface area contributed by atoms with Gasteiger partial charge in [-0.2, -0.15) is 0 Å². The number of hydrogen-bond donors (Lipinski definition) is 2. The van der Waals surface area contributed by atoms with Crippen molar-refractivity contribution in [3.05, 3.63) is 35.9 Å². The summed E-state index contributed by atoms with van der Waals surface area (Å²) in [6.45, 7) is 4.86. The van der Waals surface area contributed by atoms with Gasteiger partial charge in [0.25, 0.3) is 0 Å². The minimum Gasteiger partial charge on any atom is -0.338 e. The molecule has 1 unspecified atom stereocenters. The third-order valence-electron chi connectivity index (χ3n) is 4.90. The number of nitrogens with one attached hydrogen (secondary N) is 2. The number of carbonyl (C=O) groups excluding carboxylic acids is 1. The Morgan fingerprint density at radius 2 is 1.76 bits per heavy atom. The van der Waals surface area contributed by atoms with Crippen LogP contribution < -0.4 is 10.6 Å². The van der Waals surface area contributed by atoms with Gasteiger partial charge in [-0.05, 0) is 58.6 Å². The predicted molar refractivity (Wildman–Crippen MR) is 104 cm³/mol. The Morgan fingerprint density at radius 1 is 1.08 bits per heavy atom. The van der Waals surface area contributed by atoms with Gasteiger partial charge in [0.15, 0.2) is 0 Å². The highest BCUT2D eigenvalue weighted by atomic mass is 16.2. The Bertz CT molecular complexity index is 484. The molecule has 0 aliphatic carbocycles. The van der Waals surface area contributed by atoms with Gasteiger partial charge >= 0.3 is 6.03 Å². The van der Waals surface area contributed by atoms with Gasteiger partial charge in [-0.15, -0.1) is 0 Å². The van der Waals surface area contributed by atoms with Gasteiger partial charge in [-0.1, -0.05) is 43.2 Å². The summed E-state index contributed by atoms with van der Waals surface area (Å²) in [4.78, 5) is 16.7. The fourth-order valence-electron chi connectivity index (χ4n) is 3.39. The number of benzene rings is 1. The van der Waals surface area contributed by atoms with E-state index < -0.39 is 0 Å². The Labute approximate surface area is 152 Å². The normalized spacial score (nSPS) is 17.1. The second kappa shape index (κ2) is 11.1. The van der Waals surface area contributed by atoms with Gasteiger partial charge in [0, 0.05) is 13.1 Å². The number of likely N-dealkylation sites (N-methyl/N-ethyl adjacent to an activating group) is 1. The van der Waals surface area contributed by atoms with Gasteiger partial charge in [-0.3, -0.25) is 0 Å². The van der Waals surface area contributed by atoms with Crippen molar-refractivity contribution in [1.29, 1.82) is 0 Å². The van der Waals surface area contributed by atoms with E-state index in [1.54, 1.807) is 0 Å². The molecule has 25 heavy (non-hydrogen) atoms. The monoisotopic (exact) mass is 346 g/mol. The molecule has 0 aromatic heterocycles. The van der Waals surface area contributed by atoms with Crippen LogP contribution in [0, 0.1) is 0 Å². The van der Waals surface area contributed by atoms with Crippen LogP contribution >= 0.6 is 0 Å². The zero-order valence-electron chi connectivity index (χ0n) is 15.8. The van der Waals surface area contributed by atoms with Gasteiger partial charge in [0.2, 0.25) is 0 Å². The van der Waals surface area contributed by atoms with Crippen molar-refractivity contribution in [3.63, 3.8) is 0 Å². The molecule has 5 heteroatoms. The minimum absolute atomic E-state index is 0.0707. The smallest absolute Gasteiger partial charge is 0.314 e. The lowest BCUT2D eigenvalue weighted by molar-refractivity contribution is 0.231. The molecule has 1 aliphatic heterocycles. The Morgan fingerprint density at radius 3 is 2.40 bits per heavy atom. The molecule has 0 bridgehead atoms. The number of nitrogens with zero attached hydrogens (tertiary/aromatic N) is 2. The van der Waals surface area contributed by atoms with E-state index in [2.05, 4.69) is 32.6 Å². The van der Waals surface area contributed by atoms with E-state index in [-0.39, 0.29) is 12.1 Å². The average Bonchev–Trinajstić information content (AvgIpc) is 2.88. The number of carbonyl (C=O) groups is 1. The first kappa shape index (κ1) is 19.7. The zero-order chi connectivity index (χ0) is 17.9. The standard InChI is InChI=1S/C20H34N4O/c1-23(2)19(18-11-6-5-7-12-18)17-22-20(25)21-13-10-16-24-14-8-3-4-9-15-24/h5-7,11-12,19H,3-4,8-10,13-17H2,1-2H3,(H2,21,22,25). The summed E-state index contributed by atoms with van der Waals surface area (Å²) in [7, 11) is 4.08. The van der Waals surface area contributed by atoms with Crippen LogP contribution in [0.2, 0.25) is 0 Å². The summed E-state index contributed by atoms with van der Waals surface area (Å²) >= 11 is 0. The van der Waals surface area contributed by atoms with Crippen molar-refractivity contribution in [3.8, 4) is 0 Å². The summed E-state index contributed by atoms with van der Waals surface area (Å²) in [5.74, 6) is 0. The maximum Gasteiger partial charge on any atom is 0.314 e. The van der Waals surface area contributed by atoms with Gasteiger partial charge in [-0.25, -0.2) is 4.79 Å². The van der Waals surface area contributed by atoms with E-state index in [0.717, 1.165) is 19.5 Å². The fraction of sp³-hybridized carbons (Fsp3) is 0.650. The van der Waals surface area contributed by atoms with E-state index in [9.17, 15) is 4.79 Å². The molecule has 1 fully saturated rings. The van der Waals surface area contributed by atoms with Crippen LogP contribution in [0.5, 0.6) is 0 Å². The number of rotatable bonds is 8. The van der Waals surface area contributed by atoms with Crippen molar-refractivity contribution >= 4 is 6.03 Å². The molecular formula is C20H34N4O. The van der Waals surface area contributed by atoms with Crippen LogP contribution in [0.3, 0.4) is 0 Å². The molecule has 0 saturated carbocycles. The summed E-state index contributed by atoms with van der Waals surface area (Å²) in [6, 6.07) is 10.4. The van der Waals surface area contributed by atoms with E-state index in [4.69, 9.17) is 0 Å². The maximum absolute atomic E-state index is 12.1. The maximum atomic E-state index is 12.1. The van der Waals surface area contributed by atoms with E-state index >= 15 is 0 Å². The van der Waals surface area contributed by atoms with Gasteiger partial charge < -0.3 is 20.4 Å². The topological polar surface area (TPSA) is 47.6 Å². The molecule has 0 radical (unpaired) electrons. The number of hydrogen-bond acceptors (Lipinski definition) is 3. The molecule has 2 rings (SSSR count). The Kier molecular flexibility index (Phi) is 8.77. The van der Waals surface area contributed by atoms with Crippen molar-refractivity contribution in [2.75, 3.05) is 46.8 Å². The summed E-state index contributed by atoms with van der Waals surface area (Å²) < 4.78 is 0. The third-order valence-corrected chi connectivity index (χ3v) is 4.90. The molecular weight excluding hydrogens is 312 g/mol. The molecule has 5 nitrogen and oxygen atoms in total. The Hall–Kier alpha value is -1.59. The predicted octanol–water partition coefficient (Wildman–Crippen LogP) is 2.85. The van der Waals surface area contributed by atoms with Crippen LogP contribution in [0.25, 0.3) is 0 Å². The minimum atomic E-state index is -0.0707. The highest BCUT2D eigenvalue weighted by Gasteiger charge is 2.14. The molecule has 2 N–H and O–H groups in total. The molecule has 1 aromatic rings. The second-order valence-electron chi connectivity index (χ2n) is 7.14. The molecule has 1 heterocycles. The molecule has 2 amide bonds. The number of urea groups is 1. The van der Waals surface area contributed by atoms with Crippen molar-refractivity contribution in [1.82, 2.24) is 20.4 Å². The first-order valence-electron chi connectivity index (χ1n) is 9.62. The average molecular weight is 347 g/mol. The van der Waals surface area contributed by atoms with Crippen molar-refractivity contribution < 1.29 is 4.79 Å². The lowest BCUT2D eigenvalue weighted by atomic mass is 10.1. The van der Waals surface area contributed by atoms with Crippen molar-refractivity contribution in [2.45, 2.75) is 38.1 Å². The molecule has 1 aliphatic rings. The zero-order valence-corrected chi connectivity index (χ0v) is 15.8. The Balaban J connectivity index is 1.64. The molecule has 1 aromatic carbocycles. The van der Waals surface area contributed by atoms with Crippen LogP contribution in [0.1, 0.15) is 43.7 Å².